The highest BCUT2D eigenvalue weighted by atomic mass is 19.3. The van der Waals surface area contributed by atoms with Crippen molar-refractivity contribution in [1.82, 2.24) is 0 Å². The summed E-state index contributed by atoms with van der Waals surface area (Å²) in [5, 5.41) is 0. The highest BCUT2D eigenvalue weighted by molar-refractivity contribution is 4.73. The molecule has 0 unspecified atom stereocenters. The largest absolute Gasteiger partial charge is 0.345 e. The van der Waals surface area contributed by atoms with E-state index < -0.39 is 6.61 Å². The van der Waals surface area contributed by atoms with Gasteiger partial charge in [-0.25, -0.2) is 0 Å². The van der Waals surface area contributed by atoms with Crippen molar-refractivity contribution in [3.8, 4) is 0 Å². The molecule has 1 nitrogen and oxygen atoms in total. The van der Waals surface area contributed by atoms with E-state index in [9.17, 15) is 8.78 Å². The molecule has 1 aliphatic rings. The van der Waals surface area contributed by atoms with Crippen LogP contribution < -0.4 is 0 Å². The fourth-order valence-corrected chi connectivity index (χ4v) is 2.32. The van der Waals surface area contributed by atoms with Crippen LogP contribution in [0.3, 0.4) is 0 Å². The van der Waals surface area contributed by atoms with E-state index >= 15 is 0 Å². The van der Waals surface area contributed by atoms with E-state index in [1.807, 2.05) is 0 Å². The van der Waals surface area contributed by atoms with E-state index in [2.05, 4.69) is 18.6 Å². The van der Waals surface area contributed by atoms with E-state index in [-0.39, 0.29) is 6.10 Å². The van der Waals surface area contributed by atoms with Crippen molar-refractivity contribution in [2.24, 2.45) is 11.8 Å². The zero-order valence-corrected chi connectivity index (χ0v) is 9.01. The van der Waals surface area contributed by atoms with Gasteiger partial charge in [-0.05, 0) is 43.9 Å². The average molecular weight is 206 g/mol. The van der Waals surface area contributed by atoms with Gasteiger partial charge in [0.25, 0.3) is 0 Å². The summed E-state index contributed by atoms with van der Waals surface area (Å²) >= 11 is 0. The minimum atomic E-state index is -2.60. The van der Waals surface area contributed by atoms with Crippen LogP contribution in [-0.4, -0.2) is 12.7 Å². The lowest BCUT2D eigenvalue weighted by Gasteiger charge is -2.29. The van der Waals surface area contributed by atoms with Crippen molar-refractivity contribution in [3.05, 3.63) is 0 Å². The van der Waals surface area contributed by atoms with E-state index in [4.69, 9.17) is 0 Å². The van der Waals surface area contributed by atoms with E-state index in [0.717, 1.165) is 31.6 Å². The predicted molar refractivity (Wildman–Crippen MR) is 52.3 cm³/mol. The van der Waals surface area contributed by atoms with Gasteiger partial charge in [-0.15, -0.1) is 0 Å². The van der Waals surface area contributed by atoms with Crippen LogP contribution in [0.2, 0.25) is 0 Å². The smallest absolute Gasteiger partial charge is 0.320 e. The number of hydrogen-bond acceptors (Lipinski definition) is 1. The monoisotopic (exact) mass is 206 g/mol. The first-order valence-electron chi connectivity index (χ1n) is 5.51. The second-order valence-corrected chi connectivity index (χ2v) is 4.67. The molecule has 0 aromatic rings. The van der Waals surface area contributed by atoms with Crippen LogP contribution in [0, 0.1) is 11.8 Å². The Labute approximate surface area is 84.8 Å². The Hall–Kier alpha value is -0.180. The molecule has 0 bridgehead atoms. The van der Waals surface area contributed by atoms with Gasteiger partial charge < -0.3 is 4.74 Å². The first-order valence-corrected chi connectivity index (χ1v) is 5.51. The molecule has 1 rings (SSSR count). The molecule has 0 radical (unpaired) electrons. The van der Waals surface area contributed by atoms with Crippen LogP contribution in [-0.2, 0) is 4.74 Å². The standard InChI is InChI=1S/C11H20F2O/c1-8(2)7-9-3-5-10(6-4-9)14-11(12)13/h8-11H,3-7H2,1-2H3. The Kier molecular flexibility index (Phi) is 4.79. The lowest BCUT2D eigenvalue weighted by Crippen LogP contribution is -2.24. The summed E-state index contributed by atoms with van der Waals surface area (Å²) in [5.74, 6) is 1.44. The molecule has 0 N–H and O–H groups in total. The Morgan fingerprint density at radius 1 is 1.14 bits per heavy atom. The summed E-state index contributed by atoms with van der Waals surface area (Å²) in [4.78, 5) is 0. The van der Waals surface area contributed by atoms with Crippen molar-refractivity contribution in [1.29, 1.82) is 0 Å². The summed E-state index contributed by atoms with van der Waals surface area (Å²) in [5.41, 5.74) is 0. The highest BCUT2D eigenvalue weighted by Crippen LogP contribution is 2.31. The van der Waals surface area contributed by atoms with Crippen molar-refractivity contribution in [2.75, 3.05) is 0 Å². The van der Waals surface area contributed by atoms with Crippen LogP contribution >= 0.6 is 0 Å². The highest BCUT2D eigenvalue weighted by Gasteiger charge is 2.24. The SMILES string of the molecule is CC(C)CC1CCC(OC(F)F)CC1. The third-order valence-corrected chi connectivity index (χ3v) is 2.89. The van der Waals surface area contributed by atoms with Gasteiger partial charge in [0.2, 0.25) is 0 Å². The predicted octanol–water partition coefficient (Wildman–Crippen LogP) is 3.83. The van der Waals surface area contributed by atoms with E-state index in [1.165, 1.54) is 6.42 Å². The van der Waals surface area contributed by atoms with E-state index in [1.54, 1.807) is 0 Å². The summed E-state index contributed by atoms with van der Waals surface area (Å²) in [6.07, 6.45) is 4.74. The molecule has 1 saturated carbocycles. The lowest BCUT2D eigenvalue weighted by molar-refractivity contribution is -0.171. The molecule has 0 amide bonds. The number of rotatable bonds is 4. The fraction of sp³-hybridized carbons (Fsp3) is 1.00. The molecule has 84 valence electrons. The number of hydrogen-bond donors (Lipinski definition) is 0. The van der Waals surface area contributed by atoms with Crippen LogP contribution in [0.1, 0.15) is 46.0 Å². The van der Waals surface area contributed by atoms with Crippen molar-refractivity contribution in [2.45, 2.75) is 58.7 Å². The van der Waals surface area contributed by atoms with Crippen LogP contribution in [0.4, 0.5) is 8.78 Å². The Morgan fingerprint density at radius 3 is 2.14 bits per heavy atom. The van der Waals surface area contributed by atoms with Crippen LogP contribution in [0.5, 0.6) is 0 Å². The molecule has 1 fully saturated rings. The number of alkyl halides is 2. The number of halogens is 2. The summed E-state index contributed by atoms with van der Waals surface area (Å²) in [7, 11) is 0. The van der Waals surface area contributed by atoms with Gasteiger partial charge >= 0.3 is 6.61 Å². The average Bonchev–Trinajstić information content (AvgIpc) is 2.06. The lowest BCUT2D eigenvalue weighted by atomic mass is 9.82. The third kappa shape index (κ3) is 4.36. The molecular weight excluding hydrogens is 186 g/mol. The zero-order valence-electron chi connectivity index (χ0n) is 9.01. The van der Waals surface area contributed by atoms with Crippen LogP contribution in [0.25, 0.3) is 0 Å². The second kappa shape index (κ2) is 5.64. The van der Waals surface area contributed by atoms with Gasteiger partial charge in [0.15, 0.2) is 0 Å². The summed E-state index contributed by atoms with van der Waals surface area (Å²) in [6.45, 7) is 1.82. The minimum absolute atomic E-state index is 0.196. The minimum Gasteiger partial charge on any atom is -0.320 e. The normalized spacial score (nSPS) is 28.7. The van der Waals surface area contributed by atoms with Gasteiger partial charge in [0.1, 0.15) is 0 Å². The summed E-state index contributed by atoms with van der Waals surface area (Å²) in [6, 6.07) is 0. The van der Waals surface area contributed by atoms with Gasteiger partial charge in [-0.2, -0.15) is 8.78 Å². The van der Waals surface area contributed by atoms with Crippen molar-refractivity contribution >= 4 is 0 Å². The molecule has 0 atom stereocenters. The molecule has 0 heterocycles. The van der Waals surface area contributed by atoms with Gasteiger partial charge in [0, 0.05) is 0 Å². The molecule has 0 aliphatic heterocycles. The zero-order chi connectivity index (χ0) is 10.6. The molecule has 0 saturated heterocycles. The summed E-state index contributed by atoms with van der Waals surface area (Å²) < 4.78 is 28.3. The maximum atomic E-state index is 11.9. The van der Waals surface area contributed by atoms with Crippen molar-refractivity contribution < 1.29 is 13.5 Å². The quantitative estimate of drug-likeness (QED) is 0.679. The Morgan fingerprint density at radius 2 is 1.71 bits per heavy atom. The van der Waals surface area contributed by atoms with Gasteiger partial charge in [-0.1, -0.05) is 13.8 Å². The molecule has 0 aromatic carbocycles. The van der Waals surface area contributed by atoms with Gasteiger partial charge in [0.05, 0.1) is 6.10 Å². The first kappa shape index (κ1) is 11.9. The third-order valence-electron chi connectivity index (χ3n) is 2.89. The Bertz CT molecular complexity index is 133. The fourth-order valence-electron chi connectivity index (χ4n) is 2.32. The molecule has 1 aliphatic carbocycles. The topological polar surface area (TPSA) is 9.23 Å². The number of ether oxygens (including phenoxy) is 1. The van der Waals surface area contributed by atoms with Crippen LogP contribution in [0.15, 0.2) is 0 Å². The molecule has 3 heteroatoms. The molecular formula is C11H20F2O. The van der Waals surface area contributed by atoms with Gasteiger partial charge in [-0.3, -0.25) is 0 Å². The Balaban J connectivity index is 2.17. The maximum absolute atomic E-state index is 11.9. The maximum Gasteiger partial charge on any atom is 0.345 e. The molecule has 14 heavy (non-hydrogen) atoms. The van der Waals surface area contributed by atoms with E-state index in [0.29, 0.717) is 5.92 Å². The first-order chi connectivity index (χ1) is 6.58. The molecule has 0 spiro atoms. The second-order valence-electron chi connectivity index (χ2n) is 4.67. The molecule has 0 aromatic heterocycles. The van der Waals surface area contributed by atoms with Crippen molar-refractivity contribution in [3.63, 3.8) is 0 Å².